The Morgan fingerprint density at radius 1 is 1.27 bits per heavy atom. The Labute approximate surface area is 90.8 Å². The molecule has 0 amide bonds. The van der Waals surface area contributed by atoms with Gasteiger partial charge in [0.25, 0.3) is 0 Å². The third kappa shape index (κ3) is 2.30. The average Bonchev–Trinajstić information content (AvgIpc) is 2.64. The third-order valence-corrected chi connectivity index (χ3v) is 2.91. The molecule has 0 aromatic heterocycles. The first-order chi connectivity index (χ1) is 7.19. The molecule has 2 N–H and O–H groups in total. The largest absolute Gasteiger partial charge is 0.369 e. The molecule has 1 heterocycles. The molecule has 1 saturated heterocycles. The van der Waals surface area contributed by atoms with Crippen molar-refractivity contribution in [1.29, 1.82) is 0 Å². The van der Waals surface area contributed by atoms with Crippen LogP contribution in [0.15, 0.2) is 18.2 Å². The van der Waals surface area contributed by atoms with Gasteiger partial charge in [-0.1, -0.05) is 6.07 Å². The number of nitrogens with zero attached hydrogens (tertiary/aromatic N) is 1. The van der Waals surface area contributed by atoms with E-state index in [2.05, 4.69) is 36.9 Å². The molecular weight excluding hydrogens is 188 g/mol. The smallest absolute Gasteiger partial charge is 0.0978 e. The van der Waals surface area contributed by atoms with Crippen LogP contribution in [0.2, 0.25) is 0 Å². The summed E-state index contributed by atoms with van der Waals surface area (Å²) in [4.78, 5) is 7.21. The predicted molar refractivity (Wildman–Crippen MR) is 61.8 cm³/mol. The number of benzene rings is 1. The van der Waals surface area contributed by atoms with Crippen molar-refractivity contribution in [3.05, 3.63) is 29.3 Å². The summed E-state index contributed by atoms with van der Waals surface area (Å²) in [5.41, 5.74) is 3.90. The zero-order chi connectivity index (χ0) is 10.8. The zero-order valence-corrected chi connectivity index (χ0v) is 9.36. The highest BCUT2D eigenvalue weighted by atomic mass is 16.6. The fourth-order valence-corrected chi connectivity index (χ4v) is 2.21. The van der Waals surface area contributed by atoms with Gasteiger partial charge in [-0.15, -0.1) is 0 Å². The Kier molecular flexibility index (Phi) is 2.93. The van der Waals surface area contributed by atoms with Crippen LogP contribution in [0, 0.1) is 13.8 Å². The zero-order valence-electron chi connectivity index (χ0n) is 9.36. The normalized spacial score (nSPS) is 21.0. The Morgan fingerprint density at radius 2 is 1.93 bits per heavy atom. The lowest BCUT2D eigenvalue weighted by atomic mass is 10.1. The van der Waals surface area contributed by atoms with Crippen molar-refractivity contribution < 1.29 is 4.84 Å². The standard InChI is InChI=1S/C12H18N2O/c1-9-5-10(2)7-11(6-9)14-4-3-12(8-14)15-13/h5-7,12H,3-4,8,13H2,1-2H3. The Balaban J connectivity index is 2.16. The van der Waals surface area contributed by atoms with Crippen molar-refractivity contribution in [3.8, 4) is 0 Å². The highest BCUT2D eigenvalue weighted by Crippen LogP contribution is 2.23. The molecule has 1 aliphatic heterocycles. The second kappa shape index (κ2) is 4.21. The van der Waals surface area contributed by atoms with Gasteiger partial charge < -0.3 is 4.90 Å². The van der Waals surface area contributed by atoms with Crippen LogP contribution in [0.3, 0.4) is 0 Å². The number of hydrogen-bond acceptors (Lipinski definition) is 3. The number of anilines is 1. The van der Waals surface area contributed by atoms with E-state index >= 15 is 0 Å². The first-order valence-electron chi connectivity index (χ1n) is 5.38. The van der Waals surface area contributed by atoms with Gasteiger partial charge in [-0.2, -0.15) is 0 Å². The molecule has 1 aromatic rings. The molecule has 1 atom stereocenters. The molecule has 82 valence electrons. The van der Waals surface area contributed by atoms with Gasteiger partial charge in [0, 0.05) is 18.8 Å². The van der Waals surface area contributed by atoms with E-state index in [0.29, 0.717) is 0 Å². The molecule has 0 bridgehead atoms. The first kappa shape index (κ1) is 10.5. The van der Waals surface area contributed by atoms with Crippen molar-refractivity contribution in [3.63, 3.8) is 0 Å². The molecule has 0 radical (unpaired) electrons. The summed E-state index contributed by atoms with van der Waals surface area (Å²) in [6.45, 7) is 6.19. The summed E-state index contributed by atoms with van der Waals surface area (Å²) in [6.07, 6.45) is 1.20. The molecule has 1 fully saturated rings. The maximum absolute atomic E-state index is 5.21. The van der Waals surface area contributed by atoms with Crippen LogP contribution in [0.4, 0.5) is 5.69 Å². The summed E-state index contributed by atoms with van der Waals surface area (Å²) in [6, 6.07) is 6.62. The van der Waals surface area contributed by atoms with E-state index in [1.807, 2.05) is 0 Å². The van der Waals surface area contributed by atoms with Crippen molar-refractivity contribution in [2.24, 2.45) is 5.90 Å². The van der Waals surface area contributed by atoms with Crippen LogP contribution in [0.25, 0.3) is 0 Å². The molecule has 15 heavy (non-hydrogen) atoms. The van der Waals surface area contributed by atoms with E-state index in [4.69, 9.17) is 10.7 Å². The van der Waals surface area contributed by atoms with Crippen molar-refractivity contribution in [1.82, 2.24) is 0 Å². The maximum Gasteiger partial charge on any atom is 0.0978 e. The van der Waals surface area contributed by atoms with Crippen molar-refractivity contribution in [2.45, 2.75) is 26.4 Å². The van der Waals surface area contributed by atoms with E-state index in [9.17, 15) is 0 Å². The monoisotopic (exact) mass is 206 g/mol. The van der Waals surface area contributed by atoms with E-state index < -0.39 is 0 Å². The third-order valence-electron chi connectivity index (χ3n) is 2.91. The Bertz CT molecular complexity index is 331. The molecular formula is C12H18N2O. The molecule has 3 nitrogen and oxygen atoms in total. The Morgan fingerprint density at radius 3 is 2.47 bits per heavy atom. The molecule has 1 aliphatic rings. The second-order valence-corrected chi connectivity index (χ2v) is 4.34. The van der Waals surface area contributed by atoms with Crippen LogP contribution in [0.5, 0.6) is 0 Å². The fraction of sp³-hybridized carbons (Fsp3) is 0.500. The number of hydrogen-bond donors (Lipinski definition) is 1. The SMILES string of the molecule is Cc1cc(C)cc(N2CCC(ON)C2)c1. The van der Waals surface area contributed by atoms with Crippen LogP contribution >= 0.6 is 0 Å². The second-order valence-electron chi connectivity index (χ2n) is 4.34. The lowest BCUT2D eigenvalue weighted by Gasteiger charge is -2.19. The molecule has 0 aliphatic carbocycles. The maximum atomic E-state index is 5.21. The highest BCUT2D eigenvalue weighted by Gasteiger charge is 2.22. The molecule has 1 unspecified atom stereocenters. The summed E-state index contributed by atoms with van der Waals surface area (Å²) < 4.78 is 0. The van der Waals surface area contributed by atoms with E-state index in [-0.39, 0.29) is 6.10 Å². The summed E-state index contributed by atoms with van der Waals surface area (Å²) in [5, 5.41) is 0. The van der Waals surface area contributed by atoms with Crippen molar-refractivity contribution >= 4 is 5.69 Å². The van der Waals surface area contributed by atoms with E-state index in [1.165, 1.54) is 16.8 Å². The molecule has 2 rings (SSSR count). The quantitative estimate of drug-likeness (QED) is 0.749. The minimum absolute atomic E-state index is 0.186. The molecule has 1 aromatic carbocycles. The first-order valence-corrected chi connectivity index (χ1v) is 5.38. The van der Waals surface area contributed by atoms with Crippen LogP contribution in [-0.2, 0) is 4.84 Å². The van der Waals surface area contributed by atoms with Gasteiger partial charge in [0.05, 0.1) is 6.10 Å². The molecule has 0 spiro atoms. The van der Waals surface area contributed by atoms with Crippen LogP contribution < -0.4 is 10.8 Å². The highest BCUT2D eigenvalue weighted by molar-refractivity contribution is 5.51. The summed E-state index contributed by atoms with van der Waals surface area (Å²) in [7, 11) is 0. The van der Waals surface area contributed by atoms with Gasteiger partial charge in [0.2, 0.25) is 0 Å². The minimum atomic E-state index is 0.186. The number of aryl methyl sites for hydroxylation is 2. The van der Waals surface area contributed by atoms with Gasteiger partial charge in [-0.05, 0) is 43.5 Å². The van der Waals surface area contributed by atoms with Gasteiger partial charge in [0.15, 0.2) is 0 Å². The van der Waals surface area contributed by atoms with Crippen LogP contribution in [-0.4, -0.2) is 19.2 Å². The minimum Gasteiger partial charge on any atom is -0.369 e. The number of rotatable bonds is 2. The van der Waals surface area contributed by atoms with Gasteiger partial charge in [-0.3, -0.25) is 4.84 Å². The lowest BCUT2D eigenvalue weighted by molar-refractivity contribution is 0.0690. The Hall–Kier alpha value is -1.06. The predicted octanol–water partition coefficient (Wildman–Crippen LogP) is 1.77. The summed E-state index contributed by atoms with van der Waals surface area (Å²) >= 11 is 0. The van der Waals surface area contributed by atoms with Gasteiger partial charge in [0.1, 0.15) is 0 Å². The van der Waals surface area contributed by atoms with Crippen molar-refractivity contribution in [2.75, 3.05) is 18.0 Å². The van der Waals surface area contributed by atoms with E-state index in [1.54, 1.807) is 0 Å². The van der Waals surface area contributed by atoms with Crippen LogP contribution in [0.1, 0.15) is 17.5 Å². The van der Waals surface area contributed by atoms with E-state index in [0.717, 1.165) is 19.5 Å². The topological polar surface area (TPSA) is 38.5 Å². The van der Waals surface area contributed by atoms with Gasteiger partial charge in [-0.25, -0.2) is 5.90 Å². The lowest BCUT2D eigenvalue weighted by Crippen LogP contribution is -2.24. The molecule has 3 heteroatoms. The fourth-order valence-electron chi connectivity index (χ4n) is 2.21. The number of nitrogens with two attached hydrogens (primary N) is 1. The molecule has 0 saturated carbocycles. The average molecular weight is 206 g/mol. The van der Waals surface area contributed by atoms with Gasteiger partial charge >= 0.3 is 0 Å². The summed E-state index contributed by atoms with van der Waals surface area (Å²) in [5.74, 6) is 5.21.